The molecule has 0 bridgehead atoms. The predicted molar refractivity (Wildman–Crippen MR) is 44.8 cm³/mol. The monoisotopic (exact) mass is 140 g/mol. The molecule has 0 saturated carbocycles. The molecule has 0 aromatic rings. The highest BCUT2D eigenvalue weighted by molar-refractivity contribution is 5.76. The Morgan fingerprint density at radius 1 is 1.20 bits per heavy atom. The summed E-state index contributed by atoms with van der Waals surface area (Å²) in [5, 5.41) is 0. The Balaban J connectivity index is 2.51. The minimum Gasteiger partial charge on any atom is -0.237 e. The summed E-state index contributed by atoms with van der Waals surface area (Å²) in [6.07, 6.45) is 5.46. The highest BCUT2D eigenvalue weighted by Gasteiger charge is 2.12. The molecule has 0 aliphatic carbocycles. The zero-order valence-corrected chi connectivity index (χ0v) is 7.19. The summed E-state index contributed by atoms with van der Waals surface area (Å²) in [4.78, 5) is 0. The molecule has 0 N–H and O–H groups in total. The Hall–Kier alpha value is -0.330. The molecule has 1 heterocycles. The van der Waals surface area contributed by atoms with Gasteiger partial charge in [0, 0.05) is 26.2 Å². The van der Waals surface area contributed by atoms with Gasteiger partial charge in [-0.25, -0.2) is 4.58 Å². The maximum atomic E-state index is 2.53. The topological polar surface area (TPSA) is 3.01 Å². The van der Waals surface area contributed by atoms with E-state index in [1.54, 1.807) is 5.71 Å². The molecule has 0 aromatic carbocycles. The van der Waals surface area contributed by atoms with Crippen LogP contribution < -0.4 is 0 Å². The van der Waals surface area contributed by atoms with Crippen LogP contribution >= 0.6 is 0 Å². The van der Waals surface area contributed by atoms with Crippen molar-refractivity contribution in [1.82, 2.24) is 0 Å². The summed E-state index contributed by atoms with van der Waals surface area (Å²) in [6.45, 7) is 7.11. The second kappa shape index (κ2) is 3.75. The molecule has 0 radical (unpaired) electrons. The summed E-state index contributed by atoms with van der Waals surface area (Å²) in [6, 6.07) is 0. The predicted octanol–water partition coefficient (Wildman–Crippen LogP) is 2.05. The van der Waals surface area contributed by atoms with Crippen molar-refractivity contribution in [3.63, 3.8) is 0 Å². The van der Waals surface area contributed by atoms with Crippen LogP contribution in [0.5, 0.6) is 0 Å². The van der Waals surface area contributed by atoms with Crippen molar-refractivity contribution in [2.75, 3.05) is 13.1 Å². The molecule has 0 amide bonds. The van der Waals surface area contributed by atoms with Crippen LogP contribution in [-0.4, -0.2) is 23.4 Å². The SMILES string of the molecule is CCC(C)=[N+]1CCCCC1. The molecule has 1 nitrogen and oxygen atoms in total. The lowest BCUT2D eigenvalue weighted by Crippen LogP contribution is -2.25. The van der Waals surface area contributed by atoms with Crippen molar-refractivity contribution in [3.8, 4) is 0 Å². The first-order chi connectivity index (χ1) is 4.84. The first-order valence-electron chi connectivity index (χ1n) is 4.42. The molecule has 1 heteroatoms. The van der Waals surface area contributed by atoms with Gasteiger partial charge in [0.05, 0.1) is 0 Å². The van der Waals surface area contributed by atoms with Crippen LogP contribution in [0, 0.1) is 0 Å². The summed E-state index contributed by atoms with van der Waals surface area (Å²) in [5.74, 6) is 0. The van der Waals surface area contributed by atoms with Crippen molar-refractivity contribution < 1.29 is 4.58 Å². The van der Waals surface area contributed by atoms with E-state index in [0.29, 0.717) is 0 Å². The lowest BCUT2D eigenvalue weighted by molar-refractivity contribution is -0.538. The number of rotatable bonds is 1. The van der Waals surface area contributed by atoms with Gasteiger partial charge in [-0.1, -0.05) is 6.92 Å². The van der Waals surface area contributed by atoms with E-state index in [1.165, 1.54) is 38.8 Å². The highest BCUT2D eigenvalue weighted by atomic mass is 15.0. The third kappa shape index (κ3) is 1.83. The Kier molecular flexibility index (Phi) is 2.91. The van der Waals surface area contributed by atoms with Crippen LogP contribution in [0.25, 0.3) is 0 Å². The molecule has 58 valence electrons. The van der Waals surface area contributed by atoms with Gasteiger partial charge in [-0.15, -0.1) is 0 Å². The quantitative estimate of drug-likeness (QED) is 0.490. The Bertz CT molecular complexity index is 128. The van der Waals surface area contributed by atoms with Gasteiger partial charge in [-0.05, 0) is 6.42 Å². The average molecular weight is 140 g/mol. The zero-order chi connectivity index (χ0) is 7.40. The van der Waals surface area contributed by atoms with Crippen LogP contribution in [-0.2, 0) is 0 Å². The second-order valence-corrected chi connectivity index (χ2v) is 3.14. The van der Waals surface area contributed by atoms with E-state index in [-0.39, 0.29) is 0 Å². The number of nitrogens with zero attached hydrogens (tertiary/aromatic N) is 1. The molecule has 0 atom stereocenters. The molecule has 1 rings (SSSR count). The Morgan fingerprint density at radius 3 is 2.30 bits per heavy atom. The van der Waals surface area contributed by atoms with E-state index >= 15 is 0 Å². The van der Waals surface area contributed by atoms with Gasteiger partial charge in [0.1, 0.15) is 18.8 Å². The molecule has 0 spiro atoms. The van der Waals surface area contributed by atoms with E-state index in [2.05, 4.69) is 18.4 Å². The summed E-state index contributed by atoms with van der Waals surface area (Å²) >= 11 is 0. The number of hydrogen-bond donors (Lipinski definition) is 0. The molecule has 10 heavy (non-hydrogen) atoms. The minimum atomic E-state index is 1.22. The molecule has 1 fully saturated rings. The van der Waals surface area contributed by atoms with Crippen molar-refractivity contribution in [3.05, 3.63) is 0 Å². The van der Waals surface area contributed by atoms with Crippen LogP contribution in [0.3, 0.4) is 0 Å². The minimum absolute atomic E-state index is 1.22. The van der Waals surface area contributed by atoms with Gasteiger partial charge in [-0.3, -0.25) is 0 Å². The maximum absolute atomic E-state index is 2.53. The van der Waals surface area contributed by atoms with Gasteiger partial charge in [0.15, 0.2) is 0 Å². The number of hydrogen-bond acceptors (Lipinski definition) is 0. The van der Waals surface area contributed by atoms with Gasteiger partial charge in [0.25, 0.3) is 0 Å². The smallest absolute Gasteiger partial charge is 0.148 e. The summed E-state index contributed by atoms with van der Waals surface area (Å²) < 4.78 is 2.53. The molecule has 0 aromatic heterocycles. The van der Waals surface area contributed by atoms with E-state index in [0.717, 1.165) is 0 Å². The molecule has 1 saturated heterocycles. The van der Waals surface area contributed by atoms with Crippen LogP contribution in [0.4, 0.5) is 0 Å². The Morgan fingerprint density at radius 2 is 1.80 bits per heavy atom. The number of piperidine rings is 1. The van der Waals surface area contributed by atoms with Crippen LogP contribution in [0.2, 0.25) is 0 Å². The lowest BCUT2D eigenvalue weighted by atomic mass is 10.1. The molecular formula is C9H18N+. The van der Waals surface area contributed by atoms with Gasteiger partial charge >= 0.3 is 0 Å². The average Bonchev–Trinajstić information content (AvgIpc) is 2.05. The van der Waals surface area contributed by atoms with E-state index in [1.807, 2.05) is 0 Å². The van der Waals surface area contributed by atoms with Crippen molar-refractivity contribution in [2.24, 2.45) is 0 Å². The molecule has 1 aliphatic rings. The standard InChI is InChI=1S/C9H18N/c1-3-9(2)10-7-5-4-6-8-10/h3-8H2,1-2H3/q+1. The Labute approximate surface area is 63.8 Å². The highest BCUT2D eigenvalue weighted by Crippen LogP contribution is 2.04. The zero-order valence-electron chi connectivity index (χ0n) is 7.19. The maximum Gasteiger partial charge on any atom is 0.148 e. The van der Waals surface area contributed by atoms with Gasteiger partial charge < -0.3 is 0 Å². The first kappa shape index (κ1) is 7.77. The molecule has 0 unspecified atom stereocenters. The van der Waals surface area contributed by atoms with Gasteiger partial charge in [0.2, 0.25) is 0 Å². The summed E-state index contributed by atoms with van der Waals surface area (Å²) in [5.41, 5.74) is 1.57. The van der Waals surface area contributed by atoms with Crippen LogP contribution in [0.15, 0.2) is 0 Å². The third-order valence-corrected chi connectivity index (χ3v) is 2.41. The summed E-state index contributed by atoms with van der Waals surface area (Å²) in [7, 11) is 0. The normalized spacial score (nSPS) is 19.2. The fourth-order valence-corrected chi connectivity index (χ4v) is 1.50. The van der Waals surface area contributed by atoms with Crippen molar-refractivity contribution >= 4 is 5.71 Å². The lowest BCUT2D eigenvalue weighted by Gasteiger charge is -2.11. The molecular weight excluding hydrogens is 122 g/mol. The van der Waals surface area contributed by atoms with Crippen molar-refractivity contribution in [2.45, 2.75) is 39.5 Å². The second-order valence-electron chi connectivity index (χ2n) is 3.14. The van der Waals surface area contributed by atoms with E-state index in [9.17, 15) is 0 Å². The fraction of sp³-hybridized carbons (Fsp3) is 0.889. The van der Waals surface area contributed by atoms with E-state index < -0.39 is 0 Å². The first-order valence-corrected chi connectivity index (χ1v) is 4.42. The van der Waals surface area contributed by atoms with Gasteiger partial charge in [-0.2, -0.15) is 0 Å². The fourth-order valence-electron chi connectivity index (χ4n) is 1.50. The largest absolute Gasteiger partial charge is 0.237 e. The van der Waals surface area contributed by atoms with E-state index in [4.69, 9.17) is 0 Å². The van der Waals surface area contributed by atoms with Crippen LogP contribution in [0.1, 0.15) is 39.5 Å². The third-order valence-electron chi connectivity index (χ3n) is 2.41. The van der Waals surface area contributed by atoms with Crippen molar-refractivity contribution in [1.29, 1.82) is 0 Å². The molecule has 1 aliphatic heterocycles.